The largest absolute Gasteiger partial charge is 0.480 e. The first-order valence-electron chi connectivity index (χ1n) is 7.36. The molecule has 116 valence electrons. The highest BCUT2D eigenvalue weighted by atomic mass is 79.9. The van der Waals surface area contributed by atoms with E-state index < -0.39 is 5.97 Å². The summed E-state index contributed by atoms with van der Waals surface area (Å²) < 4.78 is 1.01. The van der Waals surface area contributed by atoms with Crippen LogP contribution >= 0.6 is 15.9 Å². The van der Waals surface area contributed by atoms with Crippen LogP contribution in [0.5, 0.6) is 0 Å². The van der Waals surface area contributed by atoms with Gasteiger partial charge in [-0.3, -0.25) is 19.6 Å². The quantitative estimate of drug-likeness (QED) is 0.847. The van der Waals surface area contributed by atoms with Gasteiger partial charge in [-0.05, 0) is 60.0 Å². The fourth-order valence-corrected chi connectivity index (χ4v) is 3.33. The van der Waals surface area contributed by atoms with E-state index in [1.54, 1.807) is 6.20 Å². The number of aliphatic carboxylic acids is 1. The van der Waals surface area contributed by atoms with E-state index in [2.05, 4.69) is 36.8 Å². The van der Waals surface area contributed by atoms with Gasteiger partial charge in [0, 0.05) is 29.5 Å². The number of pyridine rings is 1. The van der Waals surface area contributed by atoms with Crippen LogP contribution in [-0.4, -0.2) is 58.1 Å². The molecule has 1 aromatic heterocycles. The predicted octanol–water partition coefficient (Wildman–Crippen LogP) is 2.21. The fraction of sp³-hybridized carbons (Fsp3) is 0.600. The standard InChI is InChI=1S/C15H22BrN3O2/c1-2-19(11-15(20)21)14-3-5-18(6-4-14)10-12-7-13(16)9-17-8-12/h7-9,14H,2-6,10-11H2,1H3,(H,20,21). The molecule has 0 unspecified atom stereocenters. The Kier molecular flexibility index (Phi) is 6.14. The van der Waals surface area contributed by atoms with Crippen molar-refractivity contribution in [2.45, 2.75) is 32.4 Å². The summed E-state index contributed by atoms with van der Waals surface area (Å²) in [6.07, 6.45) is 5.76. The number of rotatable bonds is 6. The number of nitrogens with zero attached hydrogens (tertiary/aromatic N) is 3. The summed E-state index contributed by atoms with van der Waals surface area (Å²) in [6, 6.07) is 2.49. The van der Waals surface area contributed by atoms with E-state index in [4.69, 9.17) is 5.11 Å². The zero-order chi connectivity index (χ0) is 15.2. The van der Waals surface area contributed by atoms with Gasteiger partial charge in [0.2, 0.25) is 0 Å². The van der Waals surface area contributed by atoms with Crippen molar-refractivity contribution in [2.75, 3.05) is 26.2 Å². The molecule has 2 heterocycles. The summed E-state index contributed by atoms with van der Waals surface area (Å²) in [4.78, 5) is 19.6. The summed E-state index contributed by atoms with van der Waals surface area (Å²) in [5.74, 6) is -0.737. The lowest BCUT2D eigenvalue weighted by atomic mass is 10.0. The van der Waals surface area contributed by atoms with Gasteiger partial charge in [0.25, 0.3) is 0 Å². The Morgan fingerprint density at radius 1 is 1.48 bits per heavy atom. The first kappa shape index (κ1) is 16.4. The van der Waals surface area contributed by atoms with Crippen molar-refractivity contribution in [2.24, 2.45) is 0 Å². The normalized spacial score (nSPS) is 17.3. The molecule has 21 heavy (non-hydrogen) atoms. The minimum absolute atomic E-state index is 0.150. The molecule has 0 spiro atoms. The molecular formula is C15H22BrN3O2. The van der Waals surface area contributed by atoms with Crippen molar-refractivity contribution >= 4 is 21.9 Å². The maximum atomic E-state index is 10.9. The van der Waals surface area contributed by atoms with Crippen LogP contribution in [0, 0.1) is 0 Å². The molecule has 0 saturated carbocycles. The zero-order valence-corrected chi connectivity index (χ0v) is 13.9. The second-order valence-electron chi connectivity index (χ2n) is 5.48. The fourth-order valence-electron chi connectivity index (χ4n) is 2.92. The van der Waals surface area contributed by atoms with Crippen LogP contribution in [0.15, 0.2) is 22.9 Å². The molecule has 1 saturated heterocycles. The molecule has 1 aromatic rings. The third-order valence-corrected chi connectivity index (χ3v) is 4.42. The molecule has 0 aromatic carbocycles. The highest BCUT2D eigenvalue weighted by molar-refractivity contribution is 9.10. The number of carboxylic acid groups (broad SMARTS) is 1. The lowest BCUT2D eigenvalue weighted by molar-refractivity contribution is -0.139. The van der Waals surface area contributed by atoms with E-state index in [1.165, 1.54) is 5.56 Å². The monoisotopic (exact) mass is 355 g/mol. The van der Waals surface area contributed by atoms with Crippen molar-refractivity contribution in [1.82, 2.24) is 14.8 Å². The average Bonchev–Trinajstić information content (AvgIpc) is 2.45. The minimum Gasteiger partial charge on any atom is -0.480 e. The number of likely N-dealkylation sites (N-methyl/N-ethyl adjacent to an activating group) is 1. The van der Waals surface area contributed by atoms with E-state index >= 15 is 0 Å². The highest BCUT2D eigenvalue weighted by Gasteiger charge is 2.24. The van der Waals surface area contributed by atoms with Crippen molar-refractivity contribution in [1.29, 1.82) is 0 Å². The number of aromatic nitrogens is 1. The third-order valence-electron chi connectivity index (χ3n) is 3.99. The van der Waals surface area contributed by atoms with Crippen LogP contribution < -0.4 is 0 Å². The number of piperidine rings is 1. The number of hydrogen-bond donors (Lipinski definition) is 1. The maximum Gasteiger partial charge on any atom is 0.317 e. The van der Waals surface area contributed by atoms with Gasteiger partial charge >= 0.3 is 5.97 Å². The Morgan fingerprint density at radius 3 is 2.76 bits per heavy atom. The summed E-state index contributed by atoms with van der Waals surface area (Å²) in [7, 11) is 0. The zero-order valence-electron chi connectivity index (χ0n) is 12.3. The molecule has 1 fully saturated rings. The molecule has 0 amide bonds. The third kappa shape index (κ3) is 5.05. The van der Waals surface area contributed by atoms with Gasteiger partial charge in [-0.1, -0.05) is 6.92 Å². The molecule has 1 aliphatic heterocycles. The maximum absolute atomic E-state index is 10.9. The van der Waals surface area contributed by atoms with Gasteiger partial charge in [0.05, 0.1) is 6.54 Å². The van der Waals surface area contributed by atoms with E-state index in [1.807, 2.05) is 13.1 Å². The highest BCUT2D eigenvalue weighted by Crippen LogP contribution is 2.19. The van der Waals surface area contributed by atoms with Crippen molar-refractivity contribution in [3.05, 3.63) is 28.5 Å². The van der Waals surface area contributed by atoms with Crippen LogP contribution in [0.25, 0.3) is 0 Å². The average molecular weight is 356 g/mol. The Labute approximate surface area is 134 Å². The second-order valence-corrected chi connectivity index (χ2v) is 6.39. The molecule has 6 heteroatoms. The first-order chi connectivity index (χ1) is 10.1. The summed E-state index contributed by atoms with van der Waals surface area (Å²) >= 11 is 3.44. The van der Waals surface area contributed by atoms with Crippen LogP contribution in [0.1, 0.15) is 25.3 Å². The number of likely N-dealkylation sites (tertiary alicyclic amines) is 1. The predicted molar refractivity (Wildman–Crippen MR) is 85.1 cm³/mol. The molecule has 2 rings (SSSR count). The first-order valence-corrected chi connectivity index (χ1v) is 8.15. The molecule has 0 radical (unpaired) electrons. The Morgan fingerprint density at radius 2 is 2.19 bits per heavy atom. The second kappa shape index (κ2) is 7.87. The summed E-state index contributed by atoms with van der Waals surface area (Å²) in [6.45, 7) is 5.90. The van der Waals surface area contributed by atoms with Crippen LogP contribution in [0.4, 0.5) is 0 Å². The number of hydrogen-bond acceptors (Lipinski definition) is 4. The van der Waals surface area contributed by atoms with E-state index in [0.717, 1.165) is 43.5 Å². The van der Waals surface area contributed by atoms with Gasteiger partial charge in [0.15, 0.2) is 0 Å². The smallest absolute Gasteiger partial charge is 0.317 e. The Hall–Kier alpha value is -0.980. The van der Waals surface area contributed by atoms with Crippen molar-refractivity contribution < 1.29 is 9.90 Å². The summed E-state index contributed by atoms with van der Waals surface area (Å²) in [5.41, 5.74) is 1.21. The Balaban J connectivity index is 1.84. The Bertz CT molecular complexity index is 476. The number of halogens is 1. The van der Waals surface area contributed by atoms with Gasteiger partial charge in [-0.25, -0.2) is 0 Å². The van der Waals surface area contributed by atoms with Crippen LogP contribution in [0.2, 0.25) is 0 Å². The summed E-state index contributed by atoms with van der Waals surface area (Å²) in [5, 5.41) is 8.96. The molecule has 1 N–H and O–H groups in total. The van der Waals surface area contributed by atoms with Crippen molar-refractivity contribution in [3.8, 4) is 0 Å². The van der Waals surface area contributed by atoms with Crippen LogP contribution in [0.3, 0.4) is 0 Å². The van der Waals surface area contributed by atoms with E-state index in [-0.39, 0.29) is 6.54 Å². The lowest BCUT2D eigenvalue weighted by Crippen LogP contribution is -2.46. The SMILES string of the molecule is CCN(CC(=O)O)C1CCN(Cc2cncc(Br)c2)CC1. The van der Waals surface area contributed by atoms with Crippen LogP contribution in [-0.2, 0) is 11.3 Å². The van der Waals surface area contributed by atoms with E-state index in [0.29, 0.717) is 6.04 Å². The molecular weight excluding hydrogens is 334 g/mol. The minimum atomic E-state index is -0.737. The van der Waals surface area contributed by atoms with E-state index in [9.17, 15) is 4.79 Å². The lowest BCUT2D eigenvalue weighted by Gasteiger charge is -2.37. The molecule has 5 nitrogen and oxygen atoms in total. The van der Waals surface area contributed by atoms with Gasteiger partial charge in [0.1, 0.15) is 0 Å². The number of carbonyl (C=O) groups is 1. The number of carboxylic acids is 1. The van der Waals surface area contributed by atoms with Gasteiger partial charge in [-0.15, -0.1) is 0 Å². The molecule has 0 bridgehead atoms. The topological polar surface area (TPSA) is 56.7 Å². The molecule has 0 atom stereocenters. The molecule has 0 aliphatic carbocycles. The van der Waals surface area contributed by atoms with Gasteiger partial charge in [-0.2, -0.15) is 0 Å². The molecule has 1 aliphatic rings. The van der Waals surface area contributed by atoms with Gasteiger partial charge < -0.3 is 5.11 Å². The van der Waals surface area contributed by atoms with Crippen molar-refractivity contribution in [3.63, 3.8) is 0 Å².